The second-order valence-electron chi connectivity index (χ2n) is 4.90. The molecule has 24 heavy (non-hydrogen) atoms. The molecule has 1 amide bonds. The van der Waals surface area contributed by atoms with Crippen LogP contribution in [0.3, 0.4) is 0 Å². The van der Waals surface area contributed by atoms with E-state index < -0.39 is 0 Å². The lowest BCUT2D eigenvalue weighted by atomic mass is 10.2. The summed E-state index contributed by atoms with van der Waals surface area (Å²) in [7, 11) is 0. The van der Waals surface area contributed by atoms with Crippen molar-refractivity contribution in [3.63, 3.8) is 0 Å². The van der Waals surface area contributed by atoms with Crippen LogP contribution in [-0.4, -0.2) is 17.5 Å². The number of rotatable bonds is 5. The van der Waals surface area contributed by atoms with E-state index in [2.05, 4.69) is 10.3 Å². The molecular weight excluding hydrogens is 344 g/mol. The minimum atomic E-state index is -0.251. The molecule has 0 fully saturated rings. The van der Waals surface area contributed by atoms with Crippen molar-refractivity contribution in [1.29, 1.82) is 0 Å². The second-order valence-corrected chi connectivity index (χ2v) is 6.17. The van der Waals surface area contributed by atoms with Crippen LogP contribution in [0.15, 0.2) is 53.9 Å². The molecule has 0 saturated heterocycles. The highest BCUT2D eigenvalue weighted by Gasteiger charge is 2.14. The SMILES string of the molecule is CCOc1ccccc1C(=O)Nc1nc(-c2ccccc2Cl)cs1. The van der Waals surface area contributed by atoms with E-state index >= 15 is 0 Å². The lowest BCUT2D eigenvalue weighted by molar-refractivity contribution is 0.102. The molecule has 0 atom stereocenters. The van der Waals surface area contributed by atoms with Crippen LogP contribution in [-0.2, 0) is 0 Å². The number of ether oxygens (including phenoxy) is 1. The third-order valence-electron chi connectivity index (χ3n) is 3.31. The zero-order valence-corrected chi connectivity index (χ0v) is 14.5. The molecule has 0 saturated carbocycles. The number of nitrogens with zero attached hydrogens (tertiary/aromatic N) is 1. The van der Waals surface area contributed by atoms with Gasteiger partial charge in [-0.3, -0.25) is 10.1 Å². The lowest BCUT2D eigenvalue weighted by Gasteiger charge is -2.08. The van der Waals surface area contributed by atoms with E-state index in [1.165, 1.54) is 11.3 Å². The van der Waals surface area contributed by atoms with Crippen LogP contribution < -0.4 is 10.1 Å². The molecule has 6 heteroatoms. The highest BCUT2D eigenvalue weighted by molar-refractivity contribution is 7.14. The van der Waals surface area contributed by atoms with E-state index in [-0.39, 0.29) is 5.91 Å². The van der Waals surface area contributed by atoms with Crippen molar-refractivity contribution < 1.29 is 9.53 Å². The number of benzene rings is 2. The van der Waals surface area contributed by atoms with E-state index in [1.807, 2.05) is 42.6 Å². The van der Waals surface area contributed by atoms with Crippen molar-refractivity contribution >= 4 is 34.0 Å². The Balaban J connectivity index is 1.80. The van der Waals surface area contributed by atoms with Crippen molar-refractivity contribution in [2.24, 2.45) is 0 Å². The third-order valence-corrected chi connectivity index (χ3v) is 4.39. The maximum atomic E-state index is 12.5. The topological polar surface area (TPSA) is 51.2 Å². The van der Waals surface area contributed by atoms with Crippen LogP contribution in [0.1, 0.15) is 17.3 Å². The minimum absolute atomic E-state index is 0.251. The van der Waals surface area contributed by atoms with Gasteiger partial charge >= 0.3 is 0 Å². The van der Waals surface area contributed by atoms with Gasteiger partial charge in [0.25, 0.3) is 5.91 Å². The zero-order chi connectivity index (χ0) is 16.9. The average molecular weight is 359 g/mol. The number of halogens is 1. The van der Waals surface area contributed by atoms with Crippen molar-refractivity contribution in [3.8, 4) is 17.0 Å². The van der Waals surface area contributed by atoms with Gasteiger partial charge < -0.3 is 4.74 Å². The summed E-state index contributed by atoms with van der Waals surface area (Å²) in [5, 5.41) is 5.82. The van der Waals surface area contributed by atoms with Crippen LogP contribution in [0.25, 0.3) is 11.3 Å². The number of hydrogen-bond donors (Lipinski definition) is 1. The molecule has 1 heterocycles. The van der Waals surface area contributed by atoms with E-state index in [0.29, 0.717) is 28.1 Å². The first-order chi connectivity index (χ1) is 11.7. The van der Waals surface area contributed by atoms with Crippen LogP contribution in [0.4, 0.5) is 5.13 Å². The summed E-state index contributed by atoms with van der Waals surface area (Å²) >= 11 is 7.54. The summed E-state index contributed by atoms with van der Waals surface area (Å²) in [6.07, 6.45) is 0. The van der Waals surface area contributed by atoms with Gasteiger partial charge in [0.1, 0.15) is 5.75 Å². The number of anilines is 1. The summed E-state index contributed by atoms with van der Waals surface area (Å²) in [5.74, 6) is 0.305. The number of amides is 1. The fourth-order valence-corrected chi connectivity index (χ4v) is 3.16. The first-order valence-corrected chi connectivity index (χ1v) is 8.68. The number of aromatic nitrogens is 1. The van der Waals surface area contributed by atoms with Crippen LogP contribution >= 0.6 is 22.9 Å². The van der Waals surface area contributed by atoms with E-state index in [9.17, 15) is 4.79 Å². The normalized spacial score (nSPS) is 10.4. The van der Waals surface area contributed by atoms with Gasteiger partial charge in [-0.15, -0.1) is 11.3 Å². The van der Waals surface area contributed by atoms with Crippen molar-refractivity contribution in [2.75, 3.05) is 11.9 Å². The zero-order valence-electron chi connectivity index (χ0n) is 13.0. The van der Waals surface area contributed by atoms with E-state index in [4.69, 9.17) is 16.3 Å². The summed E-state index contributed by atoms with van der Waals surface area (Å²) in [6, 6.07) is 14.6. The van der Waals surface area contributed by atoms with Crippen LogP contribution in [0.5, 0.6) is 5.75 Å². The van der Waals surface area contributed by atoms with Crippen molar-refractivity contribution in [3.05, 3.63) is 64.5 Å². The largest absolute Gasteiger partial charge is 0.493 e. The predicted molar refractivity (Wildman–Crippen MR) is 98.1 cm³/mol. The van der Waals surface area contributed by atoms with E-state index in [0.717, 1.165) is 11.3 Å². The molecule has 0 spiro atoms. The van der Waals surface area contributed by atoms with Crippen LogP contribution in [0, 0.1) is 0 Å². The standard InChI is InChI=1S/C18H15ClN2O2S/c1-2-23-16-10-6-4-8-13(16)17(22)21-18-20-15(11-24-18)12-7-3-5-9-14(12)19/h3-11H,2H2,1H3,(H,20,21,22). The Kier molecular flexibility index (Phi) is 5.13. The van der Waals surface area contributed by atoms with E-state index in [1.54, 1.807) is 18.2 Å². The number of para-hydroxylation sites is 1. The maximum absolute atomic E-state index is 12.5. The number of nitrogens with one attached hydrogen (secondary N) is 1. The molecule has 0 aliphatic carbocycles. The van der Waals surface area contributed by atoms with Gasteiger partial charge in [-0.1, -0.05) is 41.9 Å². The van der Waals surface area contributed by atoms with Gasteiger partial charge in [0, 0.05) is 16.0 Å². The van der Waals surface area contributed by atoms with Gasteiger partial charge in [0.15, 0.2) is 5.13 Å². The van der Waals surface area contributed by atoms with Gasteiger partial charge in [0.05, 0.1) is 17.9 Å². The maximum Gasteiger partial charge on any atom is 0.261 e. The lowest BCUT2D eigenvalue weighted by Crippen LogP contribution is -2.13. The molecule has 0 unspecified atom stereocenters. The third kappa shape index (κ3) is 3.58. The Morgan fingerprint density at radius 3 is 2.75 bits per heavy atom. The molecule has 0 radical (unpaired) electrons. The van der Waals surface area contributed by atoms with Crippen molar-refractivity contribution in [2.45, 2.75) is 6.92 Å². The summed E-state index contributed by atoms with van der Waals surface area (Å²) in [6.45, 7) is 2.38. The minimum Gasteiger partial charge on any atom is -0.493 e. The molecule has 122 valence electrons. The molecular formula is C18H15ClN2O2S. The fourth-order valence-electron chi connectivity index (χ4n) is 2.22. The number of hydrogen-bond acceptors (Lipinski definition) is 4. The van der Waals surface area contributed by atoms with Crippen LogP contribution in [0.2, 0.25) is 5.02 Å². The molecule has 4 nitrogen and oxygen atoms in total. The quantitative estimate of drug-likeness (QED) is 0.689. The molecule has 1 N–H and O–H groups in total. The highest BCUT2D eigenvalue weighted by atomic mass is 35.5. The summed E-state index contributed by atoms with van der Waals surface area (Å²) < 4.78 is 5.49. The number of thiazole rings is 1. The molecule has 1 aromatic heterocycles. The molecule has 0 aliphatic heterocycles. The summed E-state index contributed by atoms with van der Waals surface area (Å²) in [4.78, 5) is 16.9. The number of carbonyl (C=O) groups excluding carboxylic acids is 1. The Morgan fingerprint density at radius 1 is 1.21 bits per heavy atom. The Bertz CT molecular complexity index is 863. The Labute approximate surface area is 149 Å². The second kappa shape index (κ2) is 7.47. The number of carbonyl (C=O) groups is 1. The molecule has 0 aliphatic rings. The molecule has 3 rings (SSSR count). The van der Waals surface area contributed by atoms with Gasteiger partial charge in [-0.2, -0.15) is 0 Å². The fraction of sp³-hybridized carbons (Fsp3) is 0.111. The Hall–Kier alpha value is -2.37. The first-order valence-electron chi connectivity index (χ1n) is 7.42. The van der Waals surface area contributed by atoms with Gasteiger partial charge in [0.2, 0.25) is 0 Å². The average Bonchev–Trinajstić information content (AvgIpc) is 3.04. The van der Waals surface area contributed by atoms with Gasteiger partial charge in [-0.25, -0.2) is 4.98 Å². The van der Waals surface area contributed by atoms with Gasteiger partial charge in [-0.05, 0) is 25.1 Å². The predicted octanol–water partition coefficient (Wildman–Crippen LogP) is 5.11. The Morgan fingerprint density at radius 2 is 1.96 bits per heavy atom. The smallest absolute Gasteiger partial charge is 0.261 e. The molecule has 2 aromatic carbocycles. The summed E-state index contributed by atoms with van der Waals surface area (Å²) in [5.41, 5.74) is 2.05. The van der Waals surface area contributed by atoms with Crippen molar-refractivity contribution in [1.82, 2.24) is 4.98 Å². The molecule has 0 bridgehead atoms. The first kappa shape index (κ1) is 16.5. The highest BCUT2D eigenvalue weighted by Crippen LogP contribution is 2.30. The molecule has 3 aromatic rings. The monoisotopic (exact) mass is 358 g/mol.